The average Bonchev–Trinajstić information content (AvgIpc) is 2.57. The molecule has 0 aliphatic carbocycles. The maximum absolute atomic E-state index is 12.3. The largest absolute Gasteiger partial charge is 0.494 e. The number of rotatable bonds is 7. The third-order valence-electron chi connectivity index (χ3n) is 4.65. The van der Waals surface area contributed by atoms with E-state index in [2.05, 4.69) is 41.3 Å². The first-order valence-electron chi connectivity index (χ1n) is 9.20. The lowest BCUT2D eigenvalue weighted by Crippen LogP contribution is -2.54. The molecule has 6 nitrogen and oxygen atoms in total. The number of hydrogen-bond donors (Lipinski definition) is 2. The minimum absolute atomic E-state index is 0.173. The number of likely N-dealkylation sites (N-methyl/N-ethyl adjacent to an activating group) is 1. The first kappa shape index (κ1) is 19.5. The van der Waals surface area contributed by atoms with Crippen LogP contribution in [0.25, 0.3) is 0 Å². The van der Waals surface area contributed by atoms with Gasteiger partial charge in [-0.15, -0.1) is 0 Å². The van der Waals surface area contributed by atoms with Gasteiger partial charge in [0.1, 0.15) is 5.75 Å². The fourth-order valence-corrected chi connectivity index (χ4v) is 3.14. The van der Waals surface area contributed by atoms with Crippen LogP contribution in [-0.4, -0.2) is 68.3 Å². The van der Waals surface area contributed by atoms with E-state index in [0.29, 0.717) is 25.1 Å². The summed E-state index contributed by atoms with van der Waals surface area (Å²) >= 11 is 0. The highest BCUT2D eigenvalue weighted by molar-refractivity contribution is 5.89. The van der Waals surface area contributed by atoms with Gasteiger partial charge in [0.25, 0.3) is 0 Å². The summed E-state index contributed by atoms with van der Waals surface area (Å²) in [5, 5.41) is 5.91. The molecule has 0 unspecified atom stereocenters. The topological polar surface area (TPSA) is 56.8 Å². The Hall–Kier alpha value is -1.79. The van der Waals surface area contributed by atoms with Crippen molar-refractivity contribution in [3.8, 4) is 5.75 Å². The van der Waals surface area contributed by atoms with Crippen LogP contribution in [0.4, 0.5) is 10.5 Å². The van der Waals surface area contributed by atoms with Gasteiger partial charge in [-0.05, 0) is 32.0 Å². The van der Waals surface area contributed by atoms with E-state index in [4.69, 9.17) is 4.74 Å². The van der Waals surface area contributed by atoms with E-state index < -0.39 is 0 Å². The van der Waals surface area contributed by atoms with E-state index in [1.807, 2.05) is 31.2 Å². The third-order valence-corrected chi connectivity index (χ3v) is 4.65. The smallest absolute Gasteiger partial charge is 0.319 e. The zero-order valence-corrected chi connectivity index (χ0v) is 15.9. The van der Waals surface area contributed by atoms with Crippen molar-refractivity contribution in [1.29, 1.82) is 0 Å². The van der Waals surface area contributed by atoms with Gasteiger partial charge in [-0.2, -0.15) is 0 Å². The molecule has 6 heteroatoms. The summed E-state index contributed by atoms with van der Waals surface area (Å²) in [5.74, 6) is 1.25. The molecule has 0 aromatic heterocycles. The summed E-state index contributed by atoms with van der Waals surface area (Å²) < 4.78 is 5.46. The van der Waals surface area contributed by atoms with Gasteiger partial charge in [0.05, 0.1) is 6.61 Å². The van der Waals surface area contributed by atoms with Crippen molar-refractivity contribution in [2.24, 2.45) is 5.92 Å². The van der Waals surface area contributed by atoms with Gasteiger partial charge in [-0.1, -0.05) is 19.9 Å². The molecule has 1 saturated heterocycles. The van der Waals surface area contributed by atoms with Gasteiger partial charge < -0.3 is 20.3 Å². The molecule has 1 aliphatic rings. The molecule has 1 heterocycles. The van der Waals surface area contributed by atoms with Crippen molar-refractivity contribution in [2.75, 3.05) is 51.7 Å². The number of piperazine rings is 1. The lowest BCUT2D eigenvalue weighted by atomic mass is 10.0. The number of urea groups is 1. The number of ether oxygens (including phenoxy) is 1. The molecular formula is C19H32N4O2. The van der Waals surface area contributed by atoms with Crippen LogP contribution >= 0.6 is 0 Å². The lowest BCUT2D eigenvalue weighted by Gasteiger charge is -2.39. The number of carbonyl (C=O) groups excluding carboxylic acids is 1. The van der Waals surface area contributed by atoms with Crippen molar-refractivity contribution in [3.63, 3.8) is 0 Å². The number of hydrogen-bond acceptors (Lipinski definition) is 4. The van der Waals surface area contributed by atoms with E-state index in [1.165, 1.54) is 0 Å². The molecule has 0 saturated carbocycles. The van der Waals surface area contributed by atoms with Crippen LogP contribution in [0.15, 0.2) is 24.3 Å². The molecule has 0 spiro atoms. The van der Waals surface area contributed by atoms with E-state index >= 15 is 0 Å². The van der Waals surface area contributed by atoms with Gasteiger partial charge in [0.2, 0.25) is 0 Å². The number of amides is 2. The number of benzene rings is 1. The number of nitrogens with one attached hydrogen (secondary N) is 2. The van der Waals surface area contributed by atoms with Crippen LogP contribution in [0.3, 0.4) is 0 Å². The summed E-state index contributed by atoms with van der Waals surface area (Å²) in [6.07, 6.45) is 0. The van der Waals surface area contributed by atoms with Gasteiger partial charge in [-0.25, -0.2) is 4.79 Å². The molecule has 2 rings (SSSR count). The number of carbonyl (C=O) groups is 1. The molecule has 25 heavy (non-hydrogen) atoms. The van der Waals surface area contributed by atoms with Crippen molar-refractivity contribution in [1.82, 2.24) is 15.1 Å². The molecule has 140 valence electrons. The third kappa shape index (κ3) is 6.21. The maximum atomic E-state index is 12.3. The Bertz CT molecular complexity index is 542. The van der Waals surface area contributed by atoms with E-state index in [9.17, 15) is 4.79 Å². The van der Waals surface area contributed by atoms with Crippen molar-refractivity contribution in [3.05, 3.63) is 24.3 Å². The second-order valence-corrected chi connectivity index (χ2v) is 6.95. The fourth-order valence-electron chi connectivity index (χ4n) is 3.14. The molecule has 1 atom stereocenters. The molecule has 1 aromatic carbocycles. The monoisotopic (exact) mass is 348 g/mol. The van der Waals surface area contributed by atoms with Gasteiger partial charge >= 0.3 is 6.03 Å². The Labute approximate surface area is 151 Å². The minimum Gasteiger partial charge on any atom is -0.494 e. The zero-order chi connectivity index (χ0) is 18.2. The Morgan fingerprint density at radius 3 is 2.60 bits per heavy atom. The zero-order valence-electron chi connectivity index (χ0n) is 15.9. The van der Waals surface area contributed by atoms with Crippen LogP contribution in [0.1, 0.15) is 20.8 Å². The first-order chi connectivity index (χ1) is 12.0. The standard InChI is InChI=1S/C19H32N4O2/c1-5-25-17-8-6-7-16(13-17)21-19(24)20-14-18(15(2)3)23-11-9-22(4)10-12-23/h6-8,13,15,18H,5,9-12,14H2,1-4H3,(H2,20,21,24)/t18-/m1/s1. The predicted molar refractivity (Wildman–Crippen MR) is 102 cm³/mol. The summed E-state index contributed by atoms with van der Waals surface area (Å²) in [5.41, 5.74) is 0.740. The fraction of sp³-hybridized carbons (Fsp3) is 0.632. The summed E-state index contributed by atoms with van der Waals surface area (Å²) in [4.78, 5) is 17.1. The Morgan fingerprint density at radius 1 is 1.24 bits per heavy atom. The molecule has 1 aliphatic heterocycles. The van der Waals surface area contributed by atoms with Gasteiger partial charge in [0.15, 0.2) is 0 Å². The van der Waals surface area contributed by atoms with Gasteiger partial charge in [-0.3, -0.25) is 4.90 Å². The highest BCUT2D eigenvalue weighted by Gasteiger charge is 2.25. The summed E-state index contributed by atoms with van der Waals surface area (Å²) in [6.45, 7) is 11.9. The molecule has 0 bridgehead atoms. The highest BCUT2D eigenvalue weighted by atomic mass is 16.5. The first-order valence-corrected chi connectivity index (χ1v) is 9.20. The Kier molecular flexibility index (Phi) is 7.52. The van der Waals surface area contributed by atoms with E-state index in [-0.39, 0.29) is 6.03 Å². The van der Waals surface area contributed by atoms with E-state index in [1.54, 1.807) is 0 Å². The normalized spacial score (nSPS) is 17.3. The second kappa shape index (κ2) is 9.63. The maximum Gasteiger partial charge on any atom is 0.319 e. The molecular weight excluding hydrogens is 316 g/mol. The molecule has 2 N–H and O–H groups in total. The molecule has 2 amide bonds. The Morgan fingerprint density at radius 2 is 1.96 bits per heavy atom. The lowest BCUT2D eigenvalue weighted by molar-refractivity contribution is 0.0890. The van der Waals surface area contributed by atoms with Crippen molar-refractivity contribution >= 4 is 11.7 Å². The van der Waals surface area contributed by atoms with Gasteiger partial charge in [0, 0.05) is 50.5 Å². The summed E-state index contributed by atoms with van der Waals surface area (Å²) in [7, 11) is 2.16. The average molecular weight is 348 g/mol. The SMILES string of the molecule is CCOc1cccc(NC(=O)NC[C@H](C(C)C)N2CCN(C)CC2)c1. The molecule has 0 radical (unpaired) electrons. The van der Waals surface area contributed by atoms with E-state index in [0.717, 1.165) is 37.6 Å². The number of nitrogens with zero attached hydrogens (tertiary/aromatic N) is 2. The molecule has 1 fully saturated rings. The quantitative estimate of drug-likeness (QED) is 0.795. The Balaban J connectivity index is 1.85. The predicted octanol–water partition coefficient (Wildman–Crippen LogP) is 2.48. The number of anilines is 1. The second-order valence-electron chi connectivity index (χ2n) is 6.95. The van der Waals surface area contributed by atoms with Crippen LogP contribution < -0.4 is 15.4 Å². The van der Waals surface area contributed by atoms with Crippen molar-refractivity contribution < 1.29 is 9.53 Å². The molecule has 1 aromatic rings. The van der Waals surface area contributed by atoms with Crippen molar-refractivity contribution in [2.45, 2.75) is 26.8 Å². The van der Waals surface area contributed by atoms with Crippen LogP contribution in [-0.2, 0) is 0 Å². The highest BCUT2D eigenvalue weighted by Crippen LogP contribution is 2.17. The van der Waals surface area contributed by atoms with Crippen LogP contribution in [0, 0.1) is 5.92 Å². The summed E-state index contributed by atoms with van der Waals surface area (Å²) in [6, 6.07) is 7.64. The van der Waals surface area contributed by atoms with Crippen LogP contribution in [0.5, 0.6) is 5.75 Å². The van der Waals surface area contributed by atoms with Crippen LogP contribution in [0.2, 0.25) is 0 Å². The minimum atomic E-state index is -0.173.